The zero-order valence-electron chi connectivity index (χ0n) is 12.0. The minimum atomic E-state index is -3.46. The molecule has 21 heavy (non-hydrogen) atoms. The Morgan fingerprint density at radius 2 is 1.95 bits per heavy atom. The number of aliphatic hydroxyl groups excluding tert-OH is 1. The first-order valence-corrected chi connectivity index (χ1v) is 6.64. The fourth-order valence-corrected chi connectivity index (χ4v) is 2.06. The molecule has 0 aliphatic heterocycles. The van der Waals surface area contributed by atoms with E-state index in [1.807, 2.05) is 13.8 Å². The van der Waals surface area contributed by atoms with Gasteiger partial charge < -0.3 is 10.4 Å². The van der Waals surface area contributed by atoms with Gasteiger partial charge in [0.05, 0.1) is 0 Å². The highest BCUT2D eigenvalue weighted by atomic mass is 19.3. The van der Waals surface area contributed by atoms with Crippen LogP contribution in [0.2, 0.25) is 0 Å². The van der Waals surface area contributed by atoms with Gasteiger partial charge in [0.1, 0.15) is 11.7 Å². The zero-order chi connectivity index (χ0) is 15.8. The van der Waals surface area contributed by atoms with Gasteiger partial charge in [-0.05, 0) is 27.2 Å². The Kier molecular flexibility index (Phi) is 4.18. The number of hydrogen-bond acceptors (Lipinski definition) is 5. The van der Waals surface area contributed by atoms with Gasteiger partial charge in [0.15, 0.2) is 11.9 Å². The summed E-state index contributed by atoms with van der Waals surface area (Å²) < 4.78 is 40.5. The number of allylic oxidation sites excluding steroid dienone is 1. The van der Waals surface area contributed by atoms with Crippen LogP contribution in [-0.4, -0.2) is 38.1 Å². The van der Waals surface area contributed by atoms with Gasteiger partial charge in [-0.1, -0.05) is 0 Å². The highest BCUT2D eigenvalue weighted by molar-refractivity contribution is 5.65. The molecule has 1 unspecified atom stereocenters. The van der Waals surface area contributed by atoms with E-state index in [0.29, 0.717) is 5.82 Å². The molecule has 2 rings (SSSR count). The summed E-state index contributed by atoms with van der Waals surface area (Å²) in [5, 5.41) is 12.3. The summed E-state index contributed by atoms with van der Waals surface area (Å²) in [7, 11) is 0. The number of anilines is 1. The minimum Gasteiger partial charge on any atom is -0.380 e. The molecular formula is C13H17F3N4O. The van der Waals surface area contributed by atoms with Gasteiger partial charge in [-0.2, -0.15) is 9.97 Å². The van der Waals surface area contributed by atoms with Gasteiger partial charge in [-0.3, -0.25) is 0 Å². The lowest BCUT2D eigenvalue weighted by molar-refractivity contribution is -0.107. The maximum absolute atomic E-state index is 14.0. The van der Waals surface area contributed by atoms with Crippen molar-refractivity contribution < 1.29 is 18.3 Å². The van der Waals surface area contributed by atoms with Crippen LogP contribution >= 0.6 is 0 Å². The monoisotopic (exact) mass is 302 g/mol. The molecule has 116 valence electrons. The van der Waals surface area contributed by atoms with Crippen molar-refractivity contribution in [3.05, 3.63) is 17.5 Å². The number of halogens is 3. The topological polar surface area (TPSA) is 70.9 Å². The molecule has 0 amide bonds. The SMILES string of the molecule is Cc1nc(NC(C)C)nc(C2=C(F)C(O)C(F)(F)CC2)n1. The summed E-state index contributed by atoms with van der Waals surface area (Å²) in [6.45, 7) is 5.36. The first-order chi connectivity index (χ1) is 9.70. The van der Waals surface area contributed by atoms with Gasteiger partial charge in [-0.15, -0.1) is 0 Å². The van der Waals surface area contributed by atoms with E-state index < -0.39 is 24.3 Å². The summed E-state index contributed by atoms with van der Waals surface area (Å²) in [6, 6.07) is 0.0553. The fraction of sp³-hybridized carbons (Fsp3) is 0.615. The molecule has 1 aliphatic rings. The number of nitrogens with zero attached hydrogens (tertiary/aromatic N) is 3. The molecule has 0 saturated carbocycles. The predicted octanol–water partition coefficient (Wildman–Crippen LogP) is 2.47. The van der Waals surface area contributed by atoms with Crippen molar-refractivity contribution in [1.82, 2.24) is 15.0 Å². The third kappa shape index (κ3) is 3.31. The van der Waals surface area contributed by atoms with Crippen LogP contribution in [0.5, 0.6) is 0 Å². The summed E-state index contributed by atoms with van der Waals surface area (Å²) in [4.78, 5) is 12.1. The number of aryl methyl sites for hydroxylation is 1. The Bertz CT molecular complexity index is 575. The molecule has 0 radical (unpaired) electrons. The number of alkyl halides is 2. The maximum Gasteiger partial charge on any atom is 0.280 e. The van der Waals surface area contributed by atoms with E-state index in [1.165, 1.54) is 0 Å². The van der Waals surface area contributed by atoms with E-state index in [4.69, 9.17) is 0 Å². The average Bonchev–Trinajstić information content (AvgIpc) is 2.34. The third-order valence-electron chi connectivity index (χ3n) is 3.07. The van der Waals surface area contributed by atoms with Crippen LogP contribution in [0, 0.1) is 6.92 Å². The second kappa shape index (κ2) is 5.59. The third-order valence-corrected chi connectivity index (χ3v) is 3.07. The summed E-state index contributed by atoms with van der Waals surface area (Å²) in [5.41, 5.74) is -0.0919. The Morgan fingerprint density at radius 3 is 2.57 bits per heavy atom. The van der Waals surface area contributed by atoms with Gasteiger partial charge in [0, 0.05) is 18.0 Å². The lowest BCUT2D eigenvalue weighted by atomic mass is 9.92. The van der Waals surface area contributed by atoms with Crippen molar-refractivity contribution in [2.75, 3.05) is 5.32 Å². The minimum absolute atomic E-state index is 0.0160. The van der Waals surface area contributed by atoms with E-state index in [9.17, 15) is 18.3 Å². The van der Waals surface area contributed by atoms with Crippen molar-refractivity contribution in [3.8, 4) is 0 Å². The lowest BCUT2D eigenvalue weighted by Gasteiger charge is -2.27. The Hall–Kier alpha value is -1.70. The van der Waals surface area contributed by atoms with Crippen molar-refractivity contribution in [2.24, 2.45) is 0 Å². The van der Waals surface area contributed by atoms with Gasteiger partial charge in [-0.25, -0.2) is 18.2 Å². The second-order valence-corrected chi connectivity index (χ2v) is 5.32. The molecule has 1 atom stereocenters. The Labute approximate surface area is 120 Å². The van der Waals surface area contributed by atoms with E-state index in [0.717, 1.165) is 0 Å². The normalized spacial score (nSPS) is 21.8. The Balaban J connectivity index is 2.42. The molecule has 1 heterocycles. The van der Waals surface area contributed by atoms with Crippen molar-refractivity contribution in [3.63, 3.8) is 0 Å². The molecule has 8 heteroatoms. The highest BCUT2D eigenvalue weighted by Crippen LogP contribution is 2.40. The standard InChI is InChI=1S/C13H17F3N4O/c1-6(2)17-12-19-7(3)18-11(20-12)8-4-5-13(15,16)10(21)9(8)14/h6,10,21H,4-5H2,1-3H3,(H,17,18,19,20). The van der Waals surface area contributed by atoms with Crippen LogP contribution in [0.1, 0.15) is 38.3 Å². The molecule has 0 spiro atoms. The van der Waals surface area contributed by atoms with Crippen LogP contribution in [-0.2, 0) is 0 Å². The molecule has 0 fully saturated rings. The summed E-state index contributed by atoms with van der Waals surface area (Å²) in [6.07, 6.45) is -3.32. The number of nitrogens with one attached hydrogen (secondary N) is 1. The van der Waals surface area contributed by atoms with Crippen LogP contribution in [0.25, 0.3) is 5.57 Å². The first kappa shape index (κ1) is 15.7. The van der Waals surface area contributed by atoms with Crippen LogP contribution in [0.4, 0.5) is 19.1 Å². The van der Waals surface area contributed by atoms with Crippen LogP contribution in [0.3, 0.4) is 0 Å². The average molecular weight is 302 g/mol. The number of rotatable bonds is 3. The number of hydrogen-bond donors (Lipinski definition) is 2. The van der Waals surface area contributed by atoms with Gasteiger partial charge in [0.2, 0.25) is 5.95 Å². The van der Waals surface area contributed by atoms with Crippen LogP contribution in [0.15, 0.2) is 5.83 Å². The van der Waals surface area contributed by atoms with E-state index >= 15 is 0 Å². The molecule has 2 N–H and O–H groups in total. The Morgan fingerprint density at radius 1 is 1.29 bits per heavy atom. The molecule has 0 aromatic carbocycles. The smallest absolute Gasteiger partial charge is 0.280 e. The van der Waals surface area contributed by atoms with E-state index in [-0.39, 0.29) is 29.8 Å². The van der Waals surface area contributed by atoms with Gasteiger partial charge >= 0.3 is 0 Å². The summed E-state index contributed by atoms with van der Waals surface area (Å²) >= 11 is 0. The predicted molar refractivity (Wildman–Crippen MR) is 71.5 cm³/mol. The van der Waals surface area contributed by atoms with E-state index in [1.54, 1.807) is 6.92 Å². The molecule has 1 aromatic rings. The molecule has 1 aliphatic carbocycles. The molecule has 0 saturated heterocycles. The zero-order valence-corrected chi connectivity index (χ0v) is 12.0. The molecule has 0 bridgehead atoms. The second-order valence-electron chi connectivity index (χ2n) is 5.32. The maximum atomic E-state index is 14.0. The van der Waals surface area contributed by atoms with Crippen molar-refractivity contribution in [2.45, 2.75) is 51.7 Å². The van der Waals surface area contributed by atoms with Crippen molar-refractivity contribution in [1.29, 1.82) is 0 Å². The van der Waals surface area contributed by atoms with E-state index in [2.05, 4.69) is 20.3 Å². The highest BCUT2D eigenvalue weighted by Gasteiger charge is 2.46. The van der Waals surface area contributed by atoms with Crippen molar-refractivity contribution >= 4 is 11.5 Å². The quantitative estimate of drug-likeness (QED) is 0.897. The molecule has 1 aromatic heterocycles. The molecule has 5 nitrogen and oxygen atoms in total. The van der Waals surface area contributed by atoms with Crippen LogP contribution < -0.4 is 5.32 Å². The largest absolute Gasteiger partial charge is 0.380 e. The lowest BCUT2D eigenvalue weighted by Crippen LogP contribution is -2.37. The fourth-order valence-electron chi connectivity index (χ4n) is 2.06. The number of aliphatic hydroxyl groups is 1. The number of aromatic nitrogens is 3. The summed E-state index contributed by atoms with van der Waals surface area (Å²) in [5.74, 6) is -4.16. The van der Waals surface area contributed by atoms with Gasteiger partial charge in [0.25, 0.3) is 5.92 Å². The molecular weight excluding hydrogens is 285 g/mol. The first-order valence-electron chi connectivity index (χ1n) is 6.64.